The molecule has 0 radical (unpaired) electrons. The second-order valence-electron chi connectivity index (χ2n) is 6.92. The third-order valence-corrected chi connectivity index (χ3v) is 4.85. The zero-order chi connectivity index (χ0) is 20.8. The van der Waals surface area contributed by atoms with Crippen molar-refractivity contribution < 1.29 is 14.3 Å². The molecule has 0 aliphatic rings. The lowest BCUT2D eigenvalue weighted by Gasteiger charge is -2.22. The van der Waals surface area contributed by atoms with Gasteiger partial charge in [0.25, 0.3) is 5.56 Å². The highest BCUT2D eigenvalue weighted by atomic mass is 16.5. The third-order valence-electron chi connectivity index (χ3n) is 4.85. The predicted octanol–water partition coefficient (Wildman–Crippen LogP) is 3.53. The van der Waals surface area contributed by atoms with Crippen LogP contribution >= 0.6 is 0 Å². The number of nitrogens with zero attached hydrogens (tertiary/aromatic N) is 1. The fraction of sp³-hybridized carbons (Fsp3) is 0.304. The highest BCUT2D eigenvalue weighted by Crippen LogP contribution is 2.19. The molecule has 6 heteroatoms. The van der Waals surface area contributed by atoms with Crippen molar-refractivity contribution in [2.75, 3.05) is 20.8 Å². The summed E-state index contributed by atoms with van der Waals surface area (Å²) in [5.74, 6) is 1.43. The van der Waals surface area contributed by atoms with Crippen molar-refractivity contribution >= 4 is 16.8 Å². The topological polar surface area (TPSA) is 71.6 Å². The summed E-state index contributed by atoms with van der Waals surface area (Å²) >= 11 is 0. The zero-order valence-corrected chi connectivity index (χ0v) is 17.0. The number of benzene rings is 2. The maximum atomic E-state index is 12.9. The Labute approximate surface area is 170 Å². The van der Waals surface area contributed by atoms with Gasteiger partial charge in [-0.25, -0.2) is 0 Å². The van der Waals surface area contributed by atoms with E-state index in [1.165, 1.54) is 0 Å². The van der Waals surface area contributed by atoms with Crippen LogP contribution in [0.3, 0.4) is 0 Å². The molecular formula is C23H26N2O4. The van der Waals surface area contributed by atoms with E-state index in [0.29, 0.717) is 23.4 Å². The maximum absolute atomic E-state index is 12.9. The largest absolute Gasteiger partial charge is 0.497 e. The van der Waals surface area contributed by atoms with E-state index in [2.05, 4.69) is 4.98 Å². The molecule has 6 nitrogen and oxygen atoms in total. The second kappa shape index (κ2) is 9.28. The van der Waals surface area contributed by atoms with Crippen molar-refractivity contribution in [1.82, 2.24) is 9.88 Å². The molecule has 0 atom stereocenters. The van der Waals surface area contributed by atoms with Gasteiger partial charge in [-0.15, -0.1) is 0 Å². The molecule has 0 saturated carbocycles. The Morgan fingerprint density at radius 1 is 1.00 bits per heavy atom. The first-order chi connectivity index (χ1) is 14.0. The summed E-state index contributed by atoms with van der Waals surface area (Å²) in [7, 11) is 3.20. The van der Waals surface area contributed by atoms with Gasteiger partial charge in [-0.3, -0.25) is 9.59 Å². The molecule has 1 amide bonds. The highest BCUT2D eigenvalue weighted by molar-refractivity contribution is 5.81. The van der Waals surface area contributed by atoms with Crippen LogP contribution in [0.4, 0.5) is 0 Å². The molecule has 1 aromatic heterocycles. The molecule has 0 saturated heterocycles. The highest BCUT2D eigenvalue weighted by Gasteiger charge is 2.16. The third kappa shape index (κ3) is 4.96. The van der Waals surface area contributed by atoms with Gasteiger partial charge in [0.1, 0.15) is 11.5 Å². The lowest BCUT2D eigenvalue weighted by molar-refractivity contribution is -0.131. The Morgan fingerprint density at radius 2 is 1.69 bits per heavy atom. The molecule has 0 spiro atoms. The SMILES string of the molecule is CCCN(Cc1cc2ccc(OC)cc2[nH]c1=O)C(=O)Cc1ccc(OC)cc1. The number of nitrogens with one attached hydrogen (secondary N) is 1. The van der Waals surface area contributed by atoms with Gasteiger partial charge in [0.15, 0.2) is 0 Å². The number of carbonyl (C=O) groups is 1. The number of amides is 1. The summed E-state index contributed by atoms with van der Waals surface area (Å²) in [5, 5.41) is 0.902. The molecule has 29 heavy (non-hydrogen) atoms. The number of rotatable bonds is 8. The van der Waals surface area contributed by atoms with Crippen molar-refractivity contribution in [2.24, 2.45) is 0 Å². The molecule has 3 rings (SSSR count). The summed E-state index contributed by atoms with van der Waals surface area (Å²) in [6.07, 6.45) is 1.10. The molecular weight excluding hydrogens is 368 g/mol. The first-order valence-corrected chi connectivity index (χ1v) is 9.64. The van der Waals surface area contributed by atoms with Crippen LogP contribution in [0.2, 0.25) is 0 Å². The molecule has 2 aromatic carbocycles. The normalized spacial score (nSPS) is 10.7. The van der Waals surface area contributed by atoms with Gasteiger partial charge in [-0.1, -0.05) is 19.1 Å². The van der Waals surface area contributed by atoms with E-state index in [1.807, 2.05) is 49.4 Å². The number of hydrogen-bond acceptors (Lipinski definition) is 4. The minimum atomic E-state index is -0.191. The monoisotopic (exact) mass is 394 g/mol. The average Bonchev–Trinajstić information content (AvgIpc) is 2.74. The smallest absolute Gasteiger partial charge is 0.253 e. The maximum Gasteiger partial charge on any atom is 0.253 e. The van der Waals surface area contributed by atoms with Gasteiger partial charge in [0, 0.05) is 18.2 Å². The van der Waals surface area contributed by atoms with E-state index in [-0.39, 0.29) is 24.4 Å². The summed E-state index contributed by atoms with van der Waals surface area (Å²) < 4.78 is 10.4. The molecule has 0 unspecified atom stereocenters. The van der Waals surface area contributed by atoms with E-state index in [9.17, 15) is 9.59 Å². The Morgan fingerprint density at radius 3 is 2.34 bits per heavy atom. The summed E-state index contributed by atoms with van der Waals surface area (Å²) in [6.45, 7) is 2.89. The van der Waals surface area contributed by atoms with Crippen LogP contribution in [0.5, 0.6) is 11.5 Å². The first-order valence-electron chi connectivity index (χ1n) is 9.64. The van der Waals surface area contributed by atoms with Crippen molar-refractivity contribution in [3.05, 3.63) is 70.0 Å². The molecule has 1 heterocycles. The molecule has 1 N–H and O–H groups in total. The lowest BCUT2D eigenvalue weighted by atomic mass is 10.1. The molecule has 0 bridgehead atoms. The van der Waals surface area contributed by atoms with Gasteiger partial charge in [-0.2, -0.15) is 0 Å². The summed E-state index contributed by atoms with van der Waals surface area (Å²) in [5.41, 5.74) is 2.00. The summed E-state index contributed by atoms with van der Waals surface area (Å²) in [6, 6.07) is 14.8. The van der Waals surface area contributed by atoms with Crippen LogP contribution < -0.4 is 15.0 Å². The van der Waals surface area contributed by atoms with E-state index >= 15 is 0 Å². The van der Waals surface area contributed by atoms with E-state index in [4.69, 9.17) is 9.47 Å². The quantitative estimate of drug-likeness (QED) is 0.634. The van der Waals surface area contributed by atoms with Crippen molar-refractivity contribution in [2.45, 2.75) is 26.3 Å². The van der Waals surface area contributed by atoms with Gasteiger partial charge in [0.2, 0.25) is 5.91 Å². The minimum absolute atomic E-state index is 0.00811. The minimum Gasteiger partial charge on any atom is -0.497 e. The van der Waals surface area contributed by atoms with Crippen LogP contribution in [0.25, 0.3) is 10.9 Å². The number of methoxy groups -OCH3 is 2. The summed E-state index contributed by atoms with van der Waals surface area (Å²) in [4.78, 5) is 30.1. The molecule has 0 fully saturated rings. The number of H-pyrrole nitrogens is 1. The van der Waals surface area contributed by atoms with Crippen molar-refractivity contribution in [1.29, 1.82) is 0 Å². The van der Waals surface area contributed by atoms with Crippen molar-refractivity contribution in [3.63, 3.8) is 0 Å². The Kier molecular flexibility index (Phi) is 6.54. The molecule has 0 aliphatic heterocycles. The van der Waals surface area contributed by atoms with Crippen LogP contribution in [-0.4, -0.2) is 36.6 Å². The first kappa shape index (κ1) is 20.5. The fourth-order valence-corrected chi connectivity index (χ4v) is 3.27. The zero-order valence-electron chi connectivity index (χ0n) is 17.0. The van der Waals surface area contributed by atoms with Gasteiger partial charge >= 0.3 is 0 Å². The van der Waals surface area contributed by atoms with Crippen LogP contribution in [0.1, 0.15) is 24.5 Å². The van der Waals surface area contributed by atoms with E-state index in [0.717, 1.165) is 23.1 Å². The Hall–Kier alpha value is -3.28. The van der Waals surface area contributed by atoms with Gasteiger partial charge in [0.05, 0.1) is 32.7 Å². The van der Waals surface area contributed by atoms with Gasteiger partial charge in [-0.05, 0) is 47.7 Å². The van der Waals surface area contributed by atoms with Crippen LogP contribution in [0, 0.1) is 0 Å². The van der Waals surface area contributed by atoms with Crippen LogP contribution in [0.15, 0.2) is 53.3 Å². The number of aromatic amines is 1. The molecule has 3 aromatic rings. The molecule has 0 aliphatic carbocycles. The fourth-order valence-electron chi connectivity index (χ4n) is 3.27. The Bertz CT molecular complexity index is 1040. The van der Waals surface area contributed by atoms with E-state index < -0.39 is 0 Å². The van der Waals surface area contributed by atoms with Gasteiger partial charge < -0.3 is 19.4 Å². The predicted molar refractivity (Wildman–Crippen MR) is 114 cm³/mol. The lowest BCUT2D eigenvalue weighted by Crippen LogP contribution is -2.34. The number of ether oxygens (including phenoxy) is 2. The Balaban J connectivity index is 1.80. The molecule has 152 valence electrons. The van der Waals surface area contributed by atoms with Crippen molar-refractivity contribution in [3.8, 4) is 11.5 Å². The number of aromatic nitrogens is 1. The van der Waals surface area contributed by atoms with E-state index in [1.54, 1.807) is 25.2 Å². The number of hydrogen-bond donors (Lipinski definition) is 1. The standard InChI is InChI=1S/C23H26N2O4/c1-4-11-25(22(26)12-16-5-8-19(28-2)9-6-16)15-18-13-17-7-10-20(29-3)14-21(17)24-23(18)27/h5-10,13-14H,4,11-12,15H2,1-3H3,(H,24,27). The second-order valence-corrected chi connectivity index (χ2v) is 6.92. The number of pyridine rings is 1. The average molecular weight is 394 g/mol. The van der Waals surface area contributed by atoms with Crippen LogP contribution in [-0.2, 0) is 17.8 Å². The number of carbonyl (C=O) groups excluding carboxylic acids is 1. The number of fused-ring (bicyclic) bond motifs is 1.